The van der Waals surface area contributed by atoms with E-state index in [1.165, 1.54) is 5.56 Å². The number of carbonyl (C=O) groups is 1. The summed E-state index contributed by atoms with van der Waals surface area (Å²) in [5.74, 6) is -0.102. The van der Waals surface area contributed by atoms with Crippen molar-refractivity contribution in [3.05, 3.63) is 52.8 Å². The third-order valence-electron chi connectivity index (χ3n) is 5.92. The number of carbonyl (C=O) groups excluding carboxylic acids is 1. The fourth-order valence-corrected chi connectivity index (χ4v) is 4.21. The standard InChI is InChI=1S/C20H25N3O2/c1-19(2,20(10-11-20)14-7-5-4-6-8-14)21-18(24)17-15-13-25-12-9-16(15)23(3)22-17/h4-8H,9-13H2,1-3H3,(H,21,24). The molecule has 0 atom stereocenters. The Kier molecular flexibility index (Phi) is 3.72. The number of ether oxygens (including phenoxy) is 1. The maximum absolute atomic E-state index is 13.0. The largest absolute Gasteiger partial charge is 0.376 e. The van der Waals surface area contributed by atoms with Crippen LogP contribution in [0.4, 0.5) is 0 Å². The summed E-state index contributed by atoms with van der Waals surface area (Å²) in [5.41, 5.74) is 3.52. The van der Waals surface area contributed by atoms with Gasteiger partial charge in [-0.15, -0.1) is 0 Å². The number of nitrogens with one attached hydrogen (secondary N) is 1. The van der Waals surface area contributed by atoms with E-state index in [0.717, 1.165) is 30.5 Å². The van der Waals surface area contributed by atoms with Crippen molar-refractivity contribution in [1.29, 1.82) is 0 Å². The molecule has 0 unspecified atom stereocenters. The number of benzene rings is 1. The van der Waals surface area contributed by atoms with E-state index < -0.39 is 0 Å². The summed E-state index contributed by atoms with van der Waals surface area (Å²) in [6, 6.07) is 10.5. The van der Waals surface area contributed by atoms with Gasteiger partial charge in [-0.3, -0.25) is 9.48 Å². The van der Waals surface area contributed by atoms with Gasteiger partial charge in [-0.2, -0.15) is 5.10 Å². The lowest BCUT2D eigenvalue weighted by atomic mass is 9.78. The van der Waals surface area contributed by atoms with Crippen molar-refractivity contribution in [1.82, 2.24) is 15.1 Å². The zero-order valence-electron chi connectivity index (χ0n) is 15.1. The number of hydrogen-bond acceptors (Lipinski definition) is 3. The Labute approximate surface area is 148 Å². The zero-order valence-corrected chi connectivity index (χ0v) is 15.1. The third-order valence-corrected chi connectivity index (χ3v) is 5.92. The van der Waals surface area contributed by atoms with E-state index in [9.17, 15) is 4.79 Å². The van der Waals surface area contributed by atoms with Crippen LogP contribution in [0.1, 0.15) is 54.0 Å². The molecule has 1 saturated carbocycles. The smallest absolute Gasteiger partial charge is 0.272 e. The fraction of sp³-hybridized carbons (Fsp3) is 0.500. The Morgan fingerprint density at radius 3 is 2.68 bits per heavy atom. The van der Waals surface area contributed by atoms with E-state index in [0.29, 0.717) is 18.9 Å². The summed E-state index contributed by atoms with van der Waals surface area (Å²) in [4.78, 5) is 13.0. The first-order chi connectivity index (χ1) is 11.9. The molecule has 1 aromatic heterocycles. The van der Waals surface area contributed by atoms with Gasteiger partial charge in [0.05, 0.1) is 13.2 Å². The average molecular weight is 339 g/mol. The molecule has 5 nitrogen and oxygen atoms in total. The summed E-state index contributed by atoms with van der Waals surface area (Å²) in [5, 5.41) is 7.74. The molecule has 2 aromatic rings. The average Bonchev–Trinajstić information content (AvgIpc) is 3.36. The normalized spacial score (nSPS) is 18.5. The van der Waals surface area contributed by atoms with E-state index in [2.05, 4.69) is 48.5 Å². The second-order valence-electron chi connectivity index (χ2n) is 7.73. The maximum Gasteiger partial charge on any atom is 0.272 e. The molecule has 0 radical (unpaired) electrons. The van der Waals surface area contributed by atoms with Crippen molar-refractivity contribution in [2.75, 3.05) is 6.61 Å². The van der Waals surface area contributed by atoms with Crippen LogP contribution in [0, 0.1) is 0 Å². The van der Waals surface area contributed by atoms with Crippen LogP contribution in [-0.4, -0.2) is 27.8 Å². The lowest BCUT2D eigenvalue weighted by Gasteiger charge is -2.36. The van der Waals surface area contributed by atoms with E-state index in [1.54, 1.807) is 0 Å². The molecule has 4 rings (SSSR count). The molecule has 1 amide bonds. The molecular weight excluding hydrogens is 314 g/mol. The second kappa shape index (κ2) is 5.70. The Balaban J connectivity index is 1.61. The predicted octanol–water partition coefficient (Wildman–Crippen LogP) is 2.73. The molecule has 1 N–H and O–H groups in total. The molecule has 0 saturated heterocycles. The Morgan fingerprint density at radius 1 is 1.28 bits per heavy atom. The lowest BCUT2D eigenvalue weighted by Crippen LogP contribution is -2.52. The van der Waals surface area contributed by atoms with Gasteiger partial charge in [0.1, 0.15) is 0 Å². The predicted molar refractivity (Wildman–Crippen MR) is 95.5 cm³/mol. The molecule has 2 aliphatic rings. The highest BCUT2D eigenvalue weighted by Gasteiger charge is 2.56. The van der Waals surface area contributed by atoms with Gasteiger partial charge in [-0.25, -0.2) is 0 Å². The van der Waals surface area contributed by atoms with Gasteiger partial charge in [0.15, 0.2) is 5.69 Å². The minimum absolute atomic E-state index is 0.00919. The van der Waals surface area contributed by atoms with Gasteiger partial charge in [0.2, 0.25) is 0 Å². The van der Waals surface area contributed by atoms with Crippen LogP contribution in [0.25, 0.3) is 0 Å². The number of aryl methyl sites for hydroxylation is 1. The summed E-state index contributed by atoms with van der Waals surface area (Å²) in [6.07, 6.45) is 2.99. The van der Waals surface area contributed by atoms with Crippen LogP contribution in [0.2, 0.25) is 0 Å². The molecule has 1 aromatic carbocycles. The summed E-state index contributed by atoms with van der Waals surface area (Å²) in [7, 11) is 1.90. The molecule has 2 heterocycles. The minimum atomic E-state index is -0.342. The molecule has 1 fully saturated rings. The highest BCUT2D eigenvalue weighted by molar-refractivity contribution is 5.94. The number of nitrogens with zero attached hydrogens (tertiary/aromatic N) is 2. The highest BCUT2D eigenvalue weighted by Crippen LogP contribution is 2.55. The van der Waals surface area contributed by atoms with Crippen molar-refractivity contribution in [2.45, 2.75) is 50.7 Å². The van der Waals surface area contributed by atoms with Gasteiger partial charge in [0.25, 0.3) is 5.91 Å². The van der Waals surface area contributed by atoms with Gasteiger partial charge < -0.3 is 10.1 Å². The molecule has 0 bridgehead atoms. The molecule has 0 spiro atoms. The Bertz CT molecular complexity index is 804. The van der Waals surface area contributed by atoms with Crippen LogP contribution in [-0.2, 0) is 30.2 Å². The first-order valence-corrected chi connectivity index (χ1v) is 8.95. The monoisotopic (exact) mass is 339 g/mol. The van der Waals surface area contributed by atoms with Gasteiger partial charge in [0, 0.05) is 35.7 Å². The van der Waals surface area contributed by atoms with Crippen LogP contribution in [0.5, 0.6) is 0 Å². The van der Waals surface area contributed by atoms with E-state index in [1.807, 2.05) is 17.8 Å². The Morgan fingerprint density at radius 2 is 2.00 bits per heavy atom. The summed E-state index contributed by atoms with van der Waals surface area (Å²) in [6.45, 7) is 5.40. The molecule has 1 aliphatic carbocycles. The molecule has 5 heteroatoms. The number of hydrogen-bond donors (Lipinski definition) is 1. The van der Waals surface area contributed by atoms with Crippen molar-refractivity contribution in [3.63, 3.8) is 0 Å². The first kappa shape index (κ1) is 16.3. The number of rotatable bonds is 4. The van der Waals surface area contributed by atoms with E-state index in [4.69, 9.17) is 4.74 Å². The number of fused-ring (bicyclic) bond motifs is 1. The summed E-state index contributed by atoms with van der Waals surface area (Å²) >= 11 is 0. The molecule has 132 valence electrons. The van der Waals surface area contributed by atoms with Crippen molar-refractivity contribution in [2.24, 2.45) is 7.05 Å². The quantitative estimate of drug-likeness (QED) is 0.932. The SMILES string of the molecule is Cn1nc(C(=O)NC(C)(C)C2(c3ccccc3)CC2)c2c1CCOC2. The molecular formula is C20H25N3O2. The maximum atomic E-state index is 13.0. The van der Waals surface area contributed by atoms with Gasteiger partial charge in [-0.05, 0) is 32.3 Å². The third kappa shape index (κ3) is 2.58. The number of amides is 1. The van der Waals surface area contributed by atoms with Crippen LogP contribution in [0.15, 0.2) is 30.3 Å². The van der Waals surface area contributed by atoms with E-state index in [-0.39, 0.29) is 16.9 Å². The first-order valence-electron chi connectivity index (χ1n) is 8.95. The minimum Gasteiger partial charge on any atom is -0.376 e. The zero-order chi connectivity index (χ0) is 17.7. The molecule has 25 heavy (non-hydrogen) atoms. The Hall–Kier alpha value is -2.14. The van der Waals surface area contributed by atoms with Gasteiger partial charge >= 0.3 is 0 Å². The summed E-state index contributed by atoms with van der Waals surface area (Å²) < 4.78 is 7.37. The second-order valence-corrected chi connectivity index (χ2v) is 7.73. The van der Waals surface area contributed by atoms with Crippen molar-refractivity contribution < 1.29 is 9.53 Å². The van der Waals surface area contributed by atoms with E-state index >= 15 is 0 Å². The van der Waals surface area contributed by atoms with Crippen LogP contribution in [0.3, 0.4) is 0 Å². The highest BCUT2D eigenvalue weighted by atomic mass is 16.5. The topological polar surface area (TPSA) is 56.2 Å². The lowest BCUT2D eigenvalue weighted by molar-refractivity contribution is 0.0869. The van der Waals surface area contributed by atoms with Gasteiger partial charge in [-0.1, -0.05) is 30.3 Å². The van der Waals surface area contributed by atoms with Crippen molar-refractivity contribution in [3.8, 4) is 0 Å². The molecule has 1 aliphatic heterocycles. The fourth-order valence-electron chi connectivity index (χ4n) is 4.21. The number of aromatic nitrogens is 2. The van der Waals surface area contributed by atoms with Crippen LogP contribution >= 0.6 is 0 Å². The van der Waals surface area contributed by atoms with Crippen LogP contribution < -0.4 is 5.32 Å². The van der Waals surface area contributed by atoms with Crippen molar-refractivity contribution >= 4 is 5.91 Å².